The number of aliphatic hydroxyl groups excluding tert-OH is 1. The first-order chi connectivity index (χ1) is 11.4. The molecule has 1 aromatic rings. The number of methoxy groups -OCH3 is 1. The molecule has 7 heteroatoms. The Bertz CT molecular complexity index is 509. The van der Waals surface area contributed by atoms with Gasteiger partial charge in [0.05, 0.1) is 31.1 Å². The van der Waals surface area contributed by atoms with E-state index in [1.165, 1.54) is 0 Å². The molecule has 0 aromatic heterocycles. The van der Waals surface area contributed by atoms with Crippen molar-refractivity contribution in [1.82, 2.24) is 4.90 Å². The van der Waals surface area contributed by atoms with E-state index in [0.29, 0.717) is 13.2 Å². The minimum atomic E-state index is -0.436. The Morgan fingerprint density at radius 3 is 2.31 bits per heavy atom. The maximum atomic E-state index is 10.2. The van der Waals surface area contributed by atoms with Crippen molar-refractivity contribution in [2.75, 3.05) is 51.3 Å². The molecule has 1 N–H and O–H groups in total. The molecule has 2 rings (SSSR count). The molecule has 1 aliphatic rings. The summed E-state index contributed by atoms with van der Waals surface area (Å²) in [5, 5.41) is 10.2. The number of benzene rings is 1. The van der Waals surface area contributed by atoms with Gasteiger partial charge in [0.1, 0.15) is 5.75 Å². The van der Waals surface area contributed by atoms with E-state index in [9.17, 15) is 5.11 Å². The first-order valence-corrected chi connectivity index (χ1v) is 8.87. The number of β-amino-alcohol motifs (C(OH)–C–C–N with tert-alkyl or cyclic N) is 1. The predicted octanol–water partition coefficient (Wildman–Crippen LogP) is 3.23. The van der Waals surface area contributed by atoms with Crippen LogP contribution in [-0.4, -0.2) is 68.2 Å². The van der Waals surface area contributed by atoms with Gasteiger partial charge >= 0.3 is 0 Å². The zero-order valence-electron chi connectivity index (χ0n) is 16.3. The third kappa shape index (κ3) is 7.49. The number of para-hydroxylation sites is 2. The summed E-state index contributed by atoms with van der Waals surface area (Å²) in [5.74, 6) is 0.918. The highest BCUT2D eigenvalue weighted by Crippen LogP contribution is 2.28. The third-order valence-electron chi connectivity index (χ3n) is 4.78. The van der Waals surface area contributed by atoms with Crippen molar-refractivity contribution in [3.63, 3.8) is 0 Å². The second-order valence-corrected chi connectivity index (χ2v) is 7.04. The van der Waals surface area contributed by atoms with Crippen LogP contribution < -0.4 is 9.64 Å². The monoisotopic (exact) mass is 408 g/mol. The van der Waals surface area contributed by atoms with Crippen LogP contribution in [-0.2, 0) is 4.74 Å². The van der Waals surface area contributed by atoms with Crippen LogP contribution in [0.15, 0.2) is 24.3 Å². The number of nitrogens with zero attached hydrogens (tertiary/aromatic N) is 2. The van der Waals surface area contributed by atoms with Gasteiger partial charge in [-0.05, 0) is 32.4 Å². The topological polar surface area (TPSA) is 45.2 Å². The van der Waals surface area contributed by atoms with E-state index in [-0.39, 0.29) is 30.4 Å². The molecule has 5 nitrogen and oxygen atoms in total. The van der Waals surface area contributed by atoms with Gasteiger partial charge in [-0.3, -0.25) is 4.90 Å². The van der Waals surface area contributed by atoms with Gasteiger partial charge in [0, 0.05) is 32.7 Å². The Hall–Kier alpha value is -0.720. The molecule has 26 heavy (non-hydrogen) atoms. The normalized spacial score (nSPS) is 16.4. The molecular weight excluding hydrogens is 375 g/mol. The van der Waals surface area contributed by atoms with Crippen molar-refractivity contribution in [3.05, 3.63) is 24.3 Å². The first kappa shape index (κ1) is 25.3. The van der Waals surface area contributed by atoms with Crippen LogP contribution in [0.25, 0.3) is 0 Å². The molecule has 0 radical (unpaired) electrons. The second-order valence-electron chi connectivity index (χ2n) is 7.04. The Labute approximate surface area is 170 Å². The zero-order valence-corrected chi connectivity index (χ0v) is 17.9. The van der Waals surface area contributed by atoms with Crippen molar-refractivity contribution in [3.8, 4) is 5.75 Å². The van der Waals surface area contributed by atoms with Gasteiger partial charge < -0.3 is 19.5 Å². The Morgan fingerprint density at radius 1 is 1.12 bits per heavy atom. The summed E-state index contributed by atoms with van der Waals surface area (Å²) in [4.78, 5) is 4.65. The summed E-state index contributed by atoms with van der Waals surface area (Å²) in [6.45, 7) is 11.0. The number of hydrogen-bond donors (Lipinski definition) is 1. The average molecular weight is 409 g/mol. The number of anilines is 1. The highest BCUT2D eigenvalue weighted by molar-refractivity contribution is 5.85. The van der Waals surface area contributed by atoms with E-state index in [2.05, 4.69) is 36.6 Å². The van der Waals surface area contributed by atoms with Crippen molar-refractivity contribution < 1.29 is 14.6 Å². The van der Waals surface area contributed by atoms with Crippen LogP contribution in [0.1, 0.15) is 27.2 Å². The molecule has 0 aliphatic carbocycles. The lowest BCUT2D eigenvalue weighted by Gasteiger charge is -2.37. The predicted molar refractivity (Wildman–Crippen MR) is 112 cm³/mol. The molecule has 1 aromatic carbocycles. The van der Waals surface area contributed by atoms with Crippen LogP contribution >= 0.6 is 24.8 Å². The standard InChI is InChI=1S/C19H32N2O3.2ClH/c1-5-19(2,3)24-15-16(22)14-20-10-12-21(13-11-20)17-8-6-7-9-18(17)23-4;;/h6-9,16,22H,5,10-15H2,1-4H3;2*1H. The number of ether oxygens (including phenoxy) is 2. The molecule has 1 fully saturated rings. The number of hydrogen-bond acceptors (Lipinski definition) is 5. The fourth-order valence-electron chi connectivity index (χ4n) is 2.84. The molecule has 1 aliphatic heterocycles. The number of aliphatic hydroxyl groups is 1. The quantitative estimate of drug-likeness (QED) is 0.715. The SMILES string of the molecule is CCC(C)(C)OCC(O)CN1CCN(c2ccccc2OC)CC1.Cl.Cl. The van der Waals surface area contributed by atoms with Gasteiger partial charge in [-0.15, -0.1) is 24.8 Å². The Morgan fingerprint density at radius 2 is 1.73 bits per heavy atom. The van der Waals surface area contributed by atoms with Crippen LogP contribution in [0.3, 0.4) is 0 Å². The lowest BCUT2D eigenvalue weighted by atomic mass is 10.1. The zero-order chi connectivity index (χ0) is 17.6. The van der Waals surface area contributed by atoms with Gasteiger partial charge in [0.2, 0.25) is 0 Å². The van der Waals surface area contributed by atoms with Gasteiger partial charge in [-0.25, -0.2) is 0 Å². The summed E-state index contributed by atoms with van der Waals surface area (Å²) >= 11 is 0. The first-order valence-electron chi connectivity index (χ1n) is 8.87. The molecule has 0 bridgehead atoms. The maximum absolute atomic E-state index is 10.2. The Balaban J connectivity index is 0.00000312. The summed E-state index contributed by atoms with van der Waals surface area (Å²) in [7, 11) is 1.71. The maximum Gasteiger partial charge on any atom is 0.142 e. The minimum Gasteiger partial charge on any atom is -0.495 e. The molecule has 1 atom stereocenters. The van der Waals surface area contributed by atoms with E-state index in [1.54, 1.807) is 7.11 Å². The summed E-state index contributed by atoms with van der Waals surface area (Å²) < 4.78 is 11.3. The molecular formula is C19H34Cl2N2O3. The summed E-state index contributed by atoms with van der Waals surface area (Å²) in [6.07, 6.45) is 0.505. The van der Waals surface area contributed by atoms with Gasteiger partial charge in [0.15, 0.2) is 0 Å². The highest BCUT2D eigenvalue weighted by atomic mass is 35.5. The molecule has 0 spiro atoms. The molecule has 1 heterocycles. The van der Waals surface area contributed by atoms with E-state index in [0.717, 1.165) is 44.0 Å². The lowest BCUT2D eigenvalue weighted by molar-refractivity contribution is -0.0674. The van der Waals surface area contributed by atoms with Crippen molar-refractivity contribution >= 4 is 30.5 Å². The number of piperazine rings is 1. The van der Waals surface area contributed by atoms with Crippen molar-refractivity contribution in [2.24, 2.45) is 0 Å². The van der Waals surface area contributed by atoms with Crippen molar-refractivity contribution in [2.45, 2.75) is 38.9 Å². The van der Waals surface area contributed by atoms with Gasteiger partial charge in [-0.1, -0.05) is 19.1 Å². The molecule has 152 valence electrons. The van der Waals surface area contributed by atoms with Gasteiger partial charge in [-0.2, -0.15) is 0 Å². The lowest BCUT2D eigenvalue weighted by Crippen LogP contribution is -2.49. The fourth-order valence-corrected chi connectivity index (χ4v) is 2.84. The molecule has 1 unspecified atom stereocenters. The van der Waals surface area contributed by atoms with Gasteiger partial charge in [0.25, 0.3) is 0 Å². The van der Waals surface area contributed by atoms with Crippen molar-refractivity contribution in [1.29, 1.82) is 0 Å². The number of rotatable bonds is 8. The summed E-state index contributed by atoms with van der Waals surface area (Å²) in [5.41, 5.74) is 0.983. The average Bonchev–Trinajstić information content (AvgIpc) is 2.61. The molecule has 0 amide bonds. The number of halogens is 2. The van der Waals surface area contributed by atoms with E-state index < -0.39 is 6.10 Å². The van der Waals surface area contributed by atoms with E-state index in [4.69, 9.17) is 9.47 Å². The van der Waals surface area contributed by atoms with E-state index in [1.807, 2.05) is 18.2 Å². The largest absolute Gasteiger partial charge is 0.495 e. The smallest absolute Gasteiger partial charge is 0.142 e. The van der Waals surface area contributed by atoms with Crippen LogP contribution in [0.4, 0.5) is 5.69 Å². The van der Waals surface area contributed by atoms with E-state index >= 15 is 0 Å². The third-order valence-corrected chi connectivity index (χ3v) is 4.78. The fraction of sp³-hybridized carbons (Fsp3) is 0.684. The summed E-state index contributed by atoms with van der Waals surface area (Å²) in [6, 6.07) is 8.13. The second kappa shape index (κ2) is 11.9. The minimum absolute atomic E-state index is 0. The molecule has 1 saturated heterocycles. The Kier molecular flexibility index (Phi) is 11.6. The molecule has 0 saturated carbocycles. The highest BCUT2D eigenvalue weighted by Gasteiger charge is 2.23. The van der Waals surface area contributed by atoms with Crippen LogP contribution in [0.2, 0.25) is 0 Å². The van der Waals surface area contributed by atoms with Crippen LogP contribution in [0, 0.1) is 0 Å². The van der Waals surface area contributed by atoms with Crippen LogP contribution in [0.5, 0.6) is 5.75 Å².